The molecule has 0 aliphatic carbocycles. The third kappa shape index (κ3) is 6.32. The zero-order chi connectivity index (χ0) is 17.2. The van der Waals surface area contributed by atoms with Crippen molar-refractivity contribution in [2.24, 2.45) is 0 Å². The van der Waals surface area contributed by atoms with Gasteiger partial charge in [0.25, 0.3) is 0 Å². The Hall–Kier alpha value is -2.49. The van der Waals surface area contributed by atoms with E-state index in [4.69, 9.17) is 0 Å². The highest BCUT2D eigenvalue weighted by atomic mass is 16.3. The normalized spacial score (nSPS) is 10.4. The number of phenols is 1. The minimum absolute atomic E-state index is 0.0795. The van der Waals surface area contributed by atoms with Crippen LogP contribution < -0.4 is 10.6 Å². The lowest BCUT2D eigenvalue weighted by atomic mass is 10.1. The van der Waals surface area contributed by atoms with Gasteiger partial charge < -0.3 is 15.7 Å². The fourth-order valence-electron chi connectivity index (χ4n) is 2.43. The number of rotatable bonds is 9. The van der Waals surface area contributed by atoms with E-state index in [0.29, 0.717) is 13.0 Å². The van der Waals surface area contributed by atoms with Gasteiger partial charge in [0, 0.05) is 24.3 Å². The monoisotopic (exact) mass is 326 g/mol. The van der Waals surface area contributed by atoms with Crippen LogP contribution in [0, 0.1) is 0 Å². The van der Waals surface area contributed by atoms with Crippen LogP contribution in [-0.2, 0) is 11.3 Å². The Morgan fingerprint density at radius 1 is 0.917 bits per heavy atom. The third-order valence-electron chi connectivity index (χ3n) is 3.86. The predicted molar refractivity (Wildman–Crippen MR) is 99.3 cm³/mol. The topological polar surface area (TPSA) is 61.4 Å². The second kappa shape index (κ2) is 9.60. The number of hydrogen-bond acceptors (Lipinski definition) is 3. The van der Waals surface area contributed by atoms with E-state index in [0.717, 1.165) is 29.8 Å². The van der Waals surface area contributed by atoms with E-state index in [1.165, 1.54) is 12.8 Å². The smallest absolute Gasteiger partial charge is 0.224 e. The number of amides is 1. The maximum absolute atomic E-state index is 11.9. The molecule has 0 spiro atoms. The van der Waals surface area contributed by atoms with Crippen molar-refractivity contribution in [2.45, 2.75) is 45.6 Å². The van der Waals surface area contributed by atoms with Crippen molar-refractivity contribution in [1.29, 1.82) is 0 Å². The van der Waals surface area contributed by atoms with E-state index < -0.39 is 0 Å². The molecule has 3 N–H and O–H groups in total. The standard InChI is InChI=1S/C20H26N2O2/c1-2-3-4-5-6-20(24)22-18-11-9-17(10-12-18)21-15-16-7-13-19(23)14-8-16/h7-14,21,23H,2-6,15H2,1H3,(H,22,24). The van der Waals surface area contributed by atoms with Crippen molar-refractivity contribution < 1.29 is 9.90 Å². The molecule has 128 valence electrons. The van der Waals surface area contributed by atoms with E-state index in [9.17, 15) is 9.90 Å². The first-order valence-electron chi connectivity index (χ1n) is 8.59. The van der Waals surface area contributed by atoms with Crippen LogP contribution in [0.25, 0.3) is 0 Å². The highest BCUT2D eigenvalue weighted by molar-refractivity contribution is 5.90. The fourth-order valence-corrected chi connectivity index (χ4v) is 2.43. The molecule has 0 saturated heterocycles. The van der Waals surface area contributed by atoms with Gasteiger partial charge in [-0.15, -0.1) is 0 Å². The molecule has 0 saturated carbocycles. The summed E-state index contributed by atoms with van der Waals surface area (Å²) in [6.45, 7) is 2.85. The van der Waals surface area contributed by atoms with E-state index in [1.54, 1.807) is 12.1 Å². The molecule has 2 aromatic rings. The van der Waals surface area contributed by atoms with Crippen molar-refractivity contribution in [3.05, 3.63) is 54.1 Å². The van der Waals surface area contributed by atoms with Gasteiger partial charge in [-0.1, -0.05) is 38.3 Å². The number of benzene rings is 2. The lowest BCUT2D eigenvalue weighted by molar-refractivity contribution is -0.116. The number of unbranched alkanes of at least 4 members (excludes halogenated alkanes) is 3. The Bertz CT molecular complexity index is 621. The summed E-state index contributed by atoms with van der Waals surface area (Å²) in [5, 5.41) is 15.5. The molecule has 0 aliphatic rings. The van der Waals surface area contributed by atoms with E-state index in [-0.39, 0.29) is 11.7 Å². The van der Waals surface area contributed by atoms with Crippen molar-refractivity contribution in [1.82, 2.24) is 0 Å². The molecule has 0 heterocycles. The molecule has 0 radical (unpaired) electrons. The van der Waals surface area contributed by atoms with Gasteiger partial charge in [0.05, 0.1) is 0 Å². The second-order valence-electron chi connectivity index (χ2n) is 5.96. The average molecular weight is 326 g/mol. The van der Waals surface area contributed by atoms with Gasteiger partial charge in [-0.3, -0.25) is 4.79 Å². The van der Waals surface area contributed by atoms with E-state index in [2.05, 4.69) is 17.6 Å². The molecule has 2 rings (SSSR count). The summed E-state index contributed by atoms with van der Waals surface area (Å²) >= 11 is 0. The Balaban J connectivity index is 1.75. The first-order valence-corrected chi connectivity index (χ1v) is 8.59. The van der Waals surface area contributed by atoms with E-state index >= 15 is 0 Å². The number of anilines is 2. The summed E-state index contributed by atoms with van der Waals surface area (Å²) in [7, 11) is 0. The molecular weight excluding hydrogens is 300 g/mol. The second-order valence-corrected chi connectivity index (χ2v) is 5.96. The van der Waals surface area contributed by atoms with Crippen molar-refractivity contribution in [3.63, 3.8) is 0 Å². The van der Waals surface area contributed by atoms with Crippen LogP contribution in [0.5, 0.6) is 5.75 Å². The first kappa shape index (κ1) is 17.9. The van der Waals surface area contributed by atoms with Crippen molar-refractivity contribution in [3.8, 4) is 5.75 Å². The number of aromatic hydroxyl groups is 1. The van der Waals surface area contributed by atoms with Gasteiger partial charge in [-0.25, -0.2) is 0 Å². The summed E-state index contributed by atoms with van der Waals surface area (Å²) in [5.41, 5.74) is 2.91. The van der Waals surface area contributed by atoms with Gasteiger partial charge in [0.1, 0.15) is 5.75 Å². The van der Waals surface area contributed by atoms with Gasteiger partial charge >= 0.3 is 0 Å². The fraction of sp³-hybridized carbons (Fsp3) is 0.350. The molecule has 1 amide bonds. The van der Waals surface area contributed by atoms with Gasteiger partial charge in [-0.05, 0) is 48.4 Å². The lowest BCUT2D eigenvalue weighted by Gasteiger charge is -2.09. The first-order chi connectivity index (χ1) is 11.7. The van der Waals surface area contributed by atoms with Crippen LogP contribution in [0.4, 0.5) is 11.4 Å². The molecular formula is C20H26N2O2. The minimum atomic E-state index is 0.0795. The van der Waals surface area contributed by atoms with Crippen LogP contribution in [-0.4, -0.2) is 11.0 Å². The molecule has 0 fully saturated rings. The SMILES string of the molecule is CCCCCCC(=O)Nc1ccc(NCc2ccc(O)cc2)cc1. The Morgan fingerprint density at radius 3 is 2.25 bits per heavy atom. The Labute approximate surface area is 143 Å². The molecule has 0 bridgehead atoms. The summed E-state index contributed by atoms with van der Waals surface area (Å²) in [4.78, 5) is 11.9. The minimum Gasteiger partial charge on any atom is -0.508 e. The summed E-state index contributed by atoms with van der Waals surface area (Å²) in [6, 6.07) is 14.8. The molecule has 0 atom stereocenters. The van der Waals surface area contributed by atoms with Gasteiger partial charge in [-0.2, -0.15) is 0 Å². The van der Waals surface area contributed by atoms with Crippen LogP contribution in [0.15, 0.2) is 48.5 Å². The summed E-state index contributed by atoms with van der Waals surface area (Å²) < 4.78 is 0. The van der Waals surface area contributed by atoms with Crippen LogP contribution in [0.1, 0.15) is 44.6 Å². The van der Waals surface area contributed by atoms with Gasteiger partial charge in [0.2, 0.25) is 5.91 Å². The molecule has 24 heavy (non-hydrogen) atoms. The number of nitrogens with one attached hydrogen (secondary N) is 2. The van der Waals surface area contributed by atoms with Crippen molar-refractivity contribution in [2.75, 3.05) is 10.6 Å². The number of phenolic OH excluding ortho intramolecular Hbond substituents is 1. The lowest BCUT2D eigenvalue weighted by Crippen LogP contribution is -2.11. The maximum atomic E-state index is 11.9. The molecule has 0 unspecified atom stereocenters. The highest BCUT2D eigenvalue weighted by Gasteiger charge is 2.02. The predicted octanol–water partition coefficient (Wildman–Crippen LogP) is 4.91. The molecule has 0 aromatic heterocycles. The largest absolute Gasteiger partial charge is 0.508 e. The quantitative estimate of drug-likeness (QED) is 0.574. The van der Waals surface area contributed by atoms with Crippen LogP contribution in [0.3, 0.4) is 0 Å². The third-order valence-corrected chi connectivity index (χ3v) is 3.86. The summed E-state index contributed by atoms with van der Waals surface area (Å²) in [5.74, 6) is 0.351. The van der Waals surface area contributed by atoms with E-state index in [1.807, 2.05) is 36.4 Å². The van der Waals surface area contributed by atoms with Crippen LogP contribution in [0.2, 0.25) is 0 Å². The number of carbonyl (C=O) groups excluding carboxylic acids is 1. The number of hydrogen-bond donors (Lipinski definition) is 3. The average Bonchev–Trinajstić information content (AvgIpc) is 2.59. The van der Waals surface area contributed by atoms with Gasteiger partial charge in [0.15, 0.2) is 0 Å². The molecule has 2 aromatic carbocycles. The summed E-state index contributed by atoms with van der Waals surface area (Å²) in [6.07, 6.45) is 5.02. The molecule has 0 aliphatic heterocycles. The Kier molecular flexibility index (Phi) is 7.15. The van der Waals surface area contributed by atoms with Crippen molar-refractivity contribution >= 4 is 17.3 Å². The van der Waals surface area contributed by atoms with Crippen LogP contribution >= 0.6 is 0 Å². The zero-order valence-corrected chi connectivity index (χ0v) is 14.2. The Morgan fingerprint density at radius 2 is 1.58 bits per heavy atom. The number of carbonyl (C=O) groups is 1. The molecule has 4 heteroatoms. The maximum Gasteiger partial charge on any atom is 0.224 e. The molecule has 4 nitrogen and oxygen atoms in total. The highest BCUT2D eigenvalue weighted by Crippen LogP contribution is 2.16. The zero-order valence-electron chi connectivity index (χ0n) is 14.2.